The van der Waals surface area contributed by atoms with Crippen LogP contribution < -0.4 is 5.73 Å². The molecule has 0 aromatic heterocycles. The highest BCUT2D eigenvalue weighted by Gasteiger charge is 2.19. The molecule has 0 heterocycles. The van der Waals surface area contributed by atoms with Gasteiger partial charge in [-0.2, -0.15) is 0 Å². The Balaban J connectivity index is 2.93. The molecule has 0 aliphatic rings. The van der Waals surface area contributed by atoms with Crippen molar-refractivity contribution in [3.8, 4) is 0 Å². The quantitative estimate of drug-likeness (QED) is 0.921. The summed E-state index contributed by atoms with van der Waals surface area (Å²) < 4.78 is 49.1. The third-order valence-corrected chi connectivity index (χ3v) is 3.65. The fraction of sp³-hybridized carbons (Fsp3) is 0.400. The van der Waals surface area contributed by atoms with Crippen molar-refractivity contribution in [1.82, 2.24) is 0 Å². The third kappa shape index (κ3) is 4.33. The summed E-state index contributed by atoms with van der Waals surface area (Å²) in [4.78, 5) is 0. The van der Waals surface area contributed by atoms with Crippen molar-refractivity contribution in [3.05, 3.63) is 33.8 Å². The molecular formula is C10H12BrF2NO2S. The van der Waals surface area contributed by atoms with Crippen molar-refractivity contribution < 1.29 is 17.2 Å². The first kappa shape index (κ1) is 14.5. The molecule has 0 fully saturated rings. The molecule has 0 saturated heterocycles. The maximum Gasteiger partial charge on any atom is 0.147 e. The van der Waals surface area contributed by atoms with E-state index < -0.39 is 27.5 Å². The number of sulfone groups is 1. The SMILES string of the molecule is CS(=O)(=O)CCC(N)c1c(F)cc(Br)cc1F. The van der Waals surface area contributed by atoms with Crippen LogP contribution in [0.3, 0.4) is 0 Å². The fourth-order valence-electron chi connectivity index (χ4n) is 1.39. The van der Waals surface area contributed by atoms with Gasteiger partial charge in [0.25, 0.3) is 0 Å². The standard InChI is InChI=1S/C10H12BrF2NO2S/c1-17(15,16)3-2-9(14)10-7(12)4-6(11)5-8(10)13/h4-5,9H,2-3,14H2,1H3. The fourth-order valence-corrected chi connectivity index (χ4v) is 2.48. The smallest absolute Gasteiger partial charge is 0.147 e. The summed E-state index contributed by atoms with van der Waals surface area (Å²) in [5, 5.41) is 0. The highest BCUT2D eigenvalue weighted by molar-refractivity contribution is 9.10. The summed E-state index contributed by atoms with van der Waals surface area (Å²) in [6.45, 7) is 0. The van der Waals surface area contributed by atoms with Crippen LogP contribution in [0.15, 0.2) is 16.6 Å². The van der Waals surface area contributed by atoms with Gasteiger partial charge in [-0.15, -0.1) is 0 Å². The minimum Gasteiger partial charge on any atom is -0.324 e. The molecule has 1 aromatic rings. The lowest BCUT2D eigenvalue weighted by molar-refractivity contribution is 0.517. The molecular weight excluding hydrogens is 316 g/mol. The van der Waals surface area contributed by atoms with Gasteiger partial charge in [-0.25, -0.2) is 17.2 Å². The Morgan fingerprint density at radius 1 is 1.35 bits per heavy atom. The Hall–Kier alpha value is -0.530. The maximum absolute atomic E-state index is 13.5. The van der Waals surface area contributed by atoms with Crippen molar-refractivity contribution in [2.45, 2.75) is 12.5 Å². The third-order valence-electron chi connectivity index (χ3n) is 2.21. The molecule has 0 spiro atoms. The first-order valence-corrected chi connectivity index (χ1v) is 7.64. The topological polar surface area (TPSA) is 60.2 Å². The van der Waals surface area contributed by atoms with Gasteiger partial charge in [0, 0.05) is 22.3 Å². The van der Waals surface area contributed by atoms with Crippen LogP contribution in [-0.4, -0.2) is 20.4 Å². The van der Waals surface area contributed by atoms with Crippen LogP contribution in [0.2, 0.25) is 0 Å². The average molecular weight is 328 g/mol. The first-order chi connectivity index (χ1) is 7.70. The molecule has 0 amide bonds. The summed E-state index contributed by atoms with van der Waals surface area (Å²) in [7, 11) is -3.20. The van der Waals surface area contributed by atoms with Crippen molar-refractivity contribution in [2.75, 3.05) is 12.0 Å². The lowest BCUT2D eigenvalue weighted by atomic mass is 10.0. The Bertz CT molecular complexity index is 496. The molecule has 17 heavy (non-hydrogen) atoms. The predicted octanol–water partition coefficient (Wildman–Crippen LogP) is 2.16. The summed E-state index contributed by atoms with van der Waals surface area (Å²) >= 11 is 2.95. The highest BCUT2D eigenvalue weighted by Crippen LogP contribution is 2.25. The van der Waals surface area contributed by atoms with Gasteiger partial charge < -0.3 is 5.73 Å². The number of hydrogen-bond acceptors (Lipinski definition) is 3. The highest BCUT2D eigenvalue weighted by atomic mass is 79.9. The van der Waals surface area contributed by atoms with Gasteiger partial charge in [0.15, 0.2) is 0 Å². The van der Waals surface area contributed by atoms with Crippen LogP contribution in [0.4, 0.5) is 8.78 Å². The number of nitrogens with two attached hydrogens (primary N) is 1. The second-order valence-corrected chi connectivity index (χ2v) is 6.98. The Labute approximate surface area is 107 Å². The molecule has 1 rings (SSSR count). The number of hydrogen-bond donors (Lipinski definition) is 1. The van der Waals surface area contributed by atoms with Crippen molar-refractivity contribution in [2.24, 2.45) is 5.73 Å². The summed E-state index contributed by atoms with van der Waals surface area (Å²) in [5.74, 6) is -1.76. The molecule has 0 saturated carbocycles. The van der Waals surface area contributed by atoms with E-state index >= 15 is 0 Å². The lowest BCUT2D eigenvalue weighted by Crippen LogP contribution is -2.18. The zero-order chi connectivity index (χ0) is 13.2. The van der Waals surface area contributed by atoms with Gasteiger partial charge >= 0.3 is 0 Å². The Kier molecular flexibility index (Phi) is 4.62. The maximum atomic E-state index is 13.5. The van der Waals surface area contributed by atoms with Gasteiger partial charge in [0.05, 0.1) is 5.75 Å². The van der Waals surface area contributed by atoms with E-state index in [1.165, 1.54) is 0 Å². The van der Waals surface area contributed by atoms with Gasteiger partial charge in [-0.05, 0) is 18.6 Å². The zero-order valence-electron chi connectivity index (χ0n) is 9.08. The molecule has 0 aliphatic carbocycles. The molecule has 1 unspecified atom stereocenters. The van der Waals surface area contributed by atoms with Crippen LogP contribution >= 0.6 is 15.9 Å². The van der Waals surface area contributed by atoms with Gasteiger partial charge in [0.1, 0.15) is 21.5 Å². The number of rotatable bonds is 4. The molecule has 0 bridgehead atoms. The summed E-state index contributed by atoms with van der Waals surface area (Å²) in [5.41, 5.74) is 5.31. The van der Waals surface area contributed by atoms with Gasteiger partial charge in [0.2, 0.25) is 0 Å². The molecule has 1 aromatic carbocycles. The van der Waals surface area contributed by atoms with Crippen molar-refractivity contribution in [1.29, 1.82) is 0 Å². The second kappa shape index (κ2) is 5.41. The number of halogens is 3. The summed E-state index contributed by atoms with van der Waals surface area (Å²) in [6, 6.07) is 1.22. The van der Waals surface area contributed by atoms with Crippen molar-refractivity contribution >= 4 is 25.8 Å². The molecule has 0 radical (unpaired) electrons. The largest absolute Gasteiger partial charge is 0.324 e. The molecule has 0 aliphatic heterocycles. The van der Waals surface area contributed by atoms with Crippen molar-refractivity contribution in [3.63, 3.8) is 0 Å². The predicted molar refractivity (Wildman–Crippen MR) is 65.3 cm³/mol. The zero-order valence-corrected chi connectivity index (χ0v) is 11.5. The van der Waals surface area contributed by atoms with Crippen LogP contribution in [-0.2, 0) is 9.84 Å². The van der Waals surface area contributed by atoms with Crippen LogP contribution in [0.5, 0.6) is 0 Å². The number of benzene rings is 1. The monoisotopic (exact) mass is 327 g/mol. The Morgan fingerprint density at radius 2 is 1.82 bits per heavy atom. The van der Waals surface area contributed by atoms with E-state index in [9.17, 15) is 17.2 Å². The van der Waals surface area contributed by atoms with E-state index in [-0.39, 0.29) is 22.2 Å². The molecule has 7 heteroatoms. The van der Waals surface area contributed by atoms with E-state index in [1.54, 1.807) is 0 Å². The van der Waals surface area contributed by atoms with E-state index in [0.29, 0.717) is 0 Å². The van der Waals surface area contributed by atoms with Crippen LogP contribution in [0, 0.1) is 11.6 Å². The molecule has 2 N–H and O–H groups in total. The van der Waals surface area contributed by atoms with Crippen LogP contribution in [0.25, 0.3) is 0 Å². The van der Waals surface area contributed by atoms with Gasteiger partial charge in [-0.3, -0.25) is 0 Å². The van der Waals surface area contributed by atoms with E-state index in [1.807, 2.05) is 0 Å². The second-order valence-electron chi connectivity index (χ2n) is 3.81. The van der Waals surface area contributed by atoms with Gasteiger partial charge in [-0.1, -0.05) is 15.9 Å². The van der Waals surface area contributed by atoms with Crippen LogP contribution in [0.1, 0.15) is 18.0 Å². The lowest BCUT2D eigenvalue weighted by Gasteiger charge is -2.13. The van der Waals surface area contributed by atoms with E-state index in [0.717, 1.165) is 18.4 Å². The Morgan fingerprint density at radius 3 is 2.24 bits per heavy atom. The minimum absolute atomic E-state index is 0.0195. The molecule has 1 atom stereocenters. The summed E-state index contributed by atoms with van der Waals surface area (Å²) in [6.07, 6.45) is 1.03. The first-order valence-electron chi connectivity index (χ1n) is 4.78. The normalized spacial score (nSPS) is 13.7. The average Bonchev–Trinajstić information content (AvgIpc) is 2.11. The minimum atomic E-state index is -3.20. The van der Waals surface area contributed by atoms with E-state index in [2.05, 4.69) is 15.9 Å². The molecule has 3 nitrogen and oxygen atoms in total. The van der Waals surface area contributed by atoms with E-state index in [4.69, 9.17) is 5.73 Å². The molecule has 96 valence electrons.